The van der Waals surface area contributed by atoms with Gasteiger partial charge in [0.25, 0.3) is 0 Å². The maximum absolute atomic E-state index is 13.0. The van der Waals surface area contributed by atoms with Gasteiger partial charge in [-0.1, -0.05) is 6.07 Å². The zero-order valence-electron chi connectivity index (χ0n) is 14.1. The van der Waals surface area contributed by atoms with Crippen molar-refractivity contribution in [1.29, 1.82) is 0 Å². The average molecular weight is 354 g/mol. The second kappa shape index (κ2) is 8.50. The van der Waals surface area contributed by atoms with Gasteiger partial charge in [0.2, 0.25) is 0 Å². The van der Waals surface area contributed by atoms with Gasteiger partial charge in [0.05, 0.1) is 6.54 Å². The van der Waals surface area contributed by atoms with Crippen LogP contribution in [0.25, 0.3) is 0 Å². The summed E-state index contributed by atoms with van der Waals surface area (Å²) < 4.78 is 40.0. The molecule has 0 saturated heterocycles. The Morgan fingerprint density at radius 2 is 2.08 bits per heavy atom. The molecule has 9 heteroatoms. The van der Waals surface area contributed by atoms with E-state index in [2.05, 4.69) is 25.7 Å². The second-order valence-electron chi connectivity index (χ2n) is 5.37. The van der Waals surface area contributed by atoms with Crippen molar-refractivity contribution in [2.24, 2.45) is 12.0 Å². The third-order valence-corrected chi connectivity index (χ3v) is 3.32. The first-order chi connectivity index (χ1) is 11.9. The van der Waals surface area contributed by atoms with Gasteiger partial charge < -0.3 is 10.6 Å². The molecule has 0 fully saturated rings. The summed E-state index contributed by atoms with van der Waals surface area (Å²) in [4.78, 5) is 8.44. The monoisotopic (exact) mass is 354 g/mol. The maximum Gasteiger partial charge on any atom is 0.435 e. The Morgan fingerprint density at radius 3 is 2.72 bits per heavy atom. The Kier molecular flexibility index (Phi) is 6.37. The lowest BCUT2D eigenvalue weighted by Gasteiger charge is -2.11. The van der Waals surface area contributed by atoms with Gasteiger partial charge in [-0.05, 0) is 19.1 Å². The van der Waals surface area contributed by atoms with E-state index in [-0.39, 0.29) is 12.1 Å². The molecule has 0 spiro atoms. The van der Waals surface area contributed by atoms with E-state index in [9.17, 15) is 13.2 Å². The fourth-order valence-electron chi connectivity index (χ4n) is 2.25. The predicted molar refractivity (Wildman–Crippen MR) is 89.0 cm³/mol. The van der Waals surface area contributed by atoms with Crippen molar-refractivity contribution >= 4 is 5.96 Å². The molecule has 0 atom stereocenters. The number of alkyl halides is 3. The smallest absolute Gasteiger partial charge is 0.357 e. The van der Waals surface area contributed by atoms with Crippen LogP contribution < -0.4 is 10.6 Å². The quantitative estimate of drug-likeness (QED) is 0.616. The molecule has 0 aliphatic heterocycles. The molecule has 2 rings (SSSR count). The predicted octanol–water partition coefficient (Wildman–Crippen LogP) is 2.13. The van der Waals surface area contributed by atoms with Gasteiger partial charge in [-0.3, -0.25) is 9.67 Å². The first-order valence-corrected chi connectivity index (χ1v) is 7.92. The minimum Gasteiger partial charge on any atom is -0.357 e. The standard InChI is InChI=1S/C16H21F3N6/c1-3-20-15(22-9-7-13-6-4-5-8-21-13)23-10-12-11-25(2)24-14(12)16(17,18)19/h4-6,8,11H,3,7,9-10H2,1-2H3,(H2,20,22,23). The molecule has 25 heavy (non-hydrogen) atoms. The largest absolute Gasteiger partial charge is 0.435 e. The van der Waals surface area contributed by atoms with Crippen LogP contribution >= 0.6 is 0 Å². The van der Waals surface area contributed by atoms with E-state index >= 15 is 0 Å². The zero-order chi connectivity index (χ0) is 18.3. The third-order valence-electron chi connectivity index (χ3n) is 3.32. The summed E-state index contributed by atoms with van der Waals surface area (Å²) in [6.45, 7) is 2.96. The molecule has 0 saturated carbocycles. The number of nitrogens with zero attached hydrogens (tertiary/aromatic N) is 4. The highest BCUT2D eigenvalue weighted by atomic mass is 19.4. The van der Waals surface area contributed by atoms with E-state index in [1.165, 1.54) is 13.2 Å². The summed E-state index contributed by atoms with van der Waals surface area (Å²) in [7, 11) is 1.46. The first kappa shape index (κ1) is 18.8. The van der Waals surface area contributed by atoms with Crippen molar-refractivity contribution in [3.05, 3.63) is 47.5 Å². The number of guanidine groups is 1. The normalized spacial score (nSPS) is 12.3. The first-order valence-electron chi connectivity index (χ1n) is 7.92. The van der Waals surface area contributed by atoms with Gasteiger partial charge in [-0.15, -0.1) is 0 Å². The Balaban J connectivity index is 2.00. The number of hydrogen-bond donors (Lipinski definition) is 2. The highest BCUT2D eigenvalue weighted by Crippen LogP contribution is 2.30. The summed E-state index contributed by atoms with van der Waals surface area (Å²) in [6.07, 6.45) is -0.748. The van der Waals surface area contributed by atoms with Crippen molar-refractivity contribution in [3.8, 4) is 0 Å². The van der Waals surface area contributed by atoms with E-state index < -0.39 is 11.9 Å². The molecule has 136 valence electrons. The van der Waals surface area contributed by atoms with E-state index in [0.717, 1.165) is 10.4 Å². The fraction of sp³-hybridized carbons (Fsp3) is 0.438. The highest BCUT2D eigenvalue weighted by Gasteiger charge is 2.36. The topological polar surface area (TPSA) is 67.1 Å². The molecule has 6 nitrogen and oxygen atoms in total. The summed E-state index contributed by atoms with van der Waals surface area (Å²) >= 11 is 0. The van der Waals surface area contributed by atoms with Crippen molar-refractivity contribution in [2.75, 3.05) is 13.1 Å². The Bertz CT molecular complexity index is 694. The highest BCUT2D eigenvalue weighted by molar-refractivity contribution is 5.79. The second-order valence-corrected chi connectivity index (χ2v) is 5.37. The number of aromatic nitrogens is 3. The van der Waals surface area contributed by atoms with E-state index in [1.54, 1.807) is 6.20 Å². The summed E-state index contributed by atoms with van der Waals surface area (Å²) in [5.74, 6) is 0.454. The van der Waals surface area contributed by atoms with Crippen LogP contribution in [0.2, 0.25) is 0 Å². The van der Waals surface area contributed by atoms with Gasteiger partial charge in [-0.25, -0.2) is 4.99 Å². The Hall–Kier alpha value is -2.58. The minimum atomic E-state index is -4.49. The lowest BCUT2D eigenvalue weighted by atomic mass is 10.2. The molecule has 0 bridgehead atoms. The molecular formula is C16H21F3N6. The van der Waals surface area contributed by atoms with Gasteiger partial charge in [-0.2, -0.15) is 18.3 Å². The van der Waals surface area contributed by atoms with Crippen molar-refractivity contribution in [2.45, 2.75) is 26.1 Å². The van der Waals surface area contributed by atoms with Crippen LogP contribution in [0, 0.1) is 0 Å². The molecule has 0 aromatic carbocycles. The fourth-order valence-corrected chi connectivity index (χ4v) is 2.25. The Labute approximate surface area is 144 Å². The minimum absolute atomic E-state index is 0.0388. The number of rotatable bonds is 6. The molecule has 2 aromatic rings. The molecular weight excluding hydrogens is 333 g/mol. The number of aliphatic imine (C=N–C) groups is 1. The van der Waals surface area contributed by atoms with Gasteiger partial charge in [0, 0.05) is 50.2 Å². The van der Waals surface area contributed by atoms with Crippen LogP contribution in [-0.4, -0.2) is 33.8 Å². The molecule has 0 unspecified atom stereocenters. The summed E-state index contributed by atoms with van der Waals surface area (Å²) in [5.41, 5.74) is 0.0671. The van der Waals surface area contributed by atoms with Crippen molar-refractivity contribution in [1.82, 2.24) is 25.4 Å². The summed E-state index contributed by atoms with van der Waals surface area (Å²) in [6, 6.07) is 5.66. The number of aryl methyl sites for hydroxylation is 1. The zero-order valence-corrected chi connectivity index (χ0v) is 14.1. The van der Waals surface area contributed by atoms with Crippen LogP contribution in [0.1, 0.15) is 23.9 Å². The molecule has 0 aliphatic carbocycles. The molecule has 0 aliphatic rings. The van der Waals surface area contributed by atoms with Gasteiger partial charge >= 0.3 is 6.18 Å². The van der Waals surface area contributed by atoms with Gasteiger partial charge in [0.1, 0.15) is 0 Å². The third kappa shape index (κ3) is 5.77. The number of nitrogens with one attached hydrogen (secondary N) is 2. The van der Waals surface area contributed by atoms with E-state index in [0.29, 0.717) is 25.5 Å². The maximum atomic E-state index is 13.0. The van der Waals surface area contributed by atoms with Crippen molar-refractivity contribution < 1.29 is 13.2 Å². The lowest BCUT2D eigenvalue weighted by Crippen LogP contribution is -2.38. The van der Waals surface area contributed by atoms with E-state index in [1.807, 2.05) is 25.1 Å². The average Bonchev–Trinajstić information content (AvgIpc) is 2.95. The molecule has 0 radical (unpaired) electrons. The van der Waals surface area contributed by atoms with Crippen LogP contribution in [0.3, 0.4) is 0 Å². The van der Waals surface area contributed by atoms with Crippen molar-refractivity contribution in [3.63, 3.8) is 0 Å². The van der Waals surface area contributed by atoms with Gasteiger partial charge in [0.15, 0.2) is 11.7 Å². The number of halogens is 3. The van der Waals surface area contributed by atoms with Crippen LogP contribution in [0.5, 0.6) is 0 Å². The molecule has 2 aromatic heterocycles. The SMILES string of the molecule is CCNC(=NCc1cn(C)nc1C(F)(F)F)NCCc1ccccn1. The van der Waals surface area contributed by atoms with Crippen LogP contribution in [0.4, 0.5) is 13.2 Å². The molecule has 0 amide bonds. The molecule has 2 heterocycles. The number of pyridine rings is 1. The lowest BCUT2D eigenvalue weighted by molar-refractivity contribution is -0.142. The van der Waals surface area contributed by atoms with E-state index in [4.69, 9.17) is 0 Å². The van der Waals surface area contributed by atoms with Crippen LogP contribution in [0.15, 0.2) is 35.6 Å². The Morgan fingerprint density at radius 1 is 1.28 bits per heavy atom. The molecule has 2 N–H and O–H groups in total. The summed E-state index contributed by atoms with van der Waals surface area (Å²) in [5, 5.41) is 9.59. The number of hydrogen-bond acceptors (Lipinski definition) is 3. The van der Waals surface area contributed by atoms with Crippen LogP contribution in [-0.2, 0) is 26.2 Å².